The SMILES string of the molecule is C[C@@H](Oc1ccc(-n2c(CO)nc3ccccc32)cc1)C(N)=O. The van der Waals surface area contributed by atoms with Gasteiger partial charge in [-0.15, -0.1) is 0 Å². The molecule has 0 aliphatic carbocycles. The molecular weight excluding hydrogens is 294 g/mol. The van der Waals surface area contributed by atoms with Crippen molar-refractivity contribution in [3.63, 3.8) is 0 Å². The van der Waals surface area contributed by atoms with Gasteiger partial charge in [-0.2, -0.15) is 0 Å². The Kier molecular flexibility index (Phi) is 3.99. The lowest BCUT2D eigenvalue weighted by atomic mass is 10.2. The van der Waals surface area contributed by atoms with Crippen LogP contribution in [-0.2, 0) is 11.4 Å². The van der Waals surface area contributed by atoms with E-state index in [9.17, 15) is 9.90 Å². The second kappa shape index (κ2) is 6.10. The highest BCUT2D eigenvalue weighted by molar-refractivity contribution is 5.79. The fourth-order valence-electron chi connectivity index (χ4n) is 2.41. The van der Waals surface area contributed by atoms with E-state index in [1.807, 2.05) is 41.0 Å². The Hall–Kier alpha value is -2.86. The molecule has 1 amide bonds. The van der Waals surface area contributed by atoms with Gasteiger partial charge in [0.15, 0.2) is 6.10 Å². The first kappa shape index (κ1) is 15.1. The molecule has 23 heavy (non-hydrogen) atoms. The lowest BCUT2D eigenvalue weighted by Crippen LogP contribution is -2.30. The molecular formula is C17H17N3O3. The minimum Gasteiger partial charge on any atom is -0.481 e. The quantitative estimate of drug-likeness (QED) is 0.751. The highest BCUT2D eigenvalue weighted by Gasteiger charge is 2.13. The molecule has 6 nitrogen and oxygen atoms in total. The third-order valence-corrected chi connectivity index (χ3v) is 3.58. The summed E-state index contributed by atoms with van der Waals surface area (Å²) in [6, 6.07) is 14.9. The first-order chi connectivity index (χ1) is 11.1. The molecule has 1 heterocycles. The van der Waals surface area contributed by atoms with Crippen molar-refractivity contribution >= 4 is 16.9 Å². The van der Waals surface area contributed by atoms with E-state index >= 15 is 0 Å². The topological polar surface area (TPSA) is 90.4 Å². The minimum atomic E-state index is -0.692. The zero-order valence-electron chi connectivity index (χ0n) is 12.6. The summed E-state index contributed by atoms with van der Waals surface area (Å²) in [4.78, 5) is 15.5. The van der Waals surface area contributed by atoms with Crippen LogP contribution in [0.25, 0.3) is 16.7 Å². The third kappa shape index (κ3) is 2.89. The molecule has 0 fully saturated rings. The summed E-state index contributed by atoms with van der Waals surface area (Å²) in [6.07, 6.45) is -0.692. The van der Waals surface area contributed by atoms with Gasteiger partial charge in [0.2, 0.25) is 0 Å². The summed E-state index contributed by atoms with van der Waals surface area (Å²) >= 11 is 0. The normalized spacial score (nSPS) is 12.3. The third-order valence-electron chi connectivity index (χ3n) is 3.58. The van der Waals surface area contributed by atoms with Crippen molar-refractivity contribution in [1.29, 1.82) is 0 Å². The number of para-hydroxylation sites is 2. The van der Waals surface area contributed by atoms with E-state index in [1.54, 1.807) is 19.1 Å². The van der Waals surface area contributed by atoms with Crippen molar-refractivity contribution < 1.29 is 14.6 Å². The van der Waals surface area contributed by atoms with Crippen LogP contribution in [0, 0.1) is 0 Å². The van der Waals surface area contributed by atoms with Crippen molar-refractivity contribution in [1.82, 2.24) is 9.55 Å². The van der Waals surface area contributed by atoms with E-state index < -0.39 is 12.0 Å². The van der Waals surface area contributed by atoms with Crippen molar-refractivity contribution in [3.8, 4) is 11.4 Å². The molecule has 0 saturated heterocycles. The van der Waals surface area contributed by atoms with Gasteiger partial charge in [0.05, 0.1) is 11.0 Å². The lowest BCUT2D eigenvalue weighted by Gasteiger charge is -2.13. The molecule has 6 heteroatoms. The molecule has 0 radical (unpaired) electrons. The molecule has 2 aromatic carbocycles. The molecule has 0 unspecified atom stereocenters. The Balaban J connectivity index is 1.98. The molecule has 1 atom stereocenters. The average molecular weight is 311 g/mol. The monoisotopic (exact) mass is 311 g/mol. The number of nitrogens with zero attached hydrogens (tertiary/aromatic N) is 2. The number of primary amides is 1. The molecule has 3 aromatic rings. The molecule has 118 valence electrons. The number of hydrogen-bond donors (Lipinski definition) is 2. The summed E-state index contributed by atoms with van der Waals surface area (Å²) in [6.45, 7) is 1.44. The summed E-state index contributed by atoms with van der Waals surface area (Å²) in [5, 5.41) is 9.56. The number of ether oxygens (including phenoxy) is 1. The van der Waals surface area contributed by atoms with Crippen molar-refractivity contribution in [2.24, 2.45) is 5.73 Å². The van der Waals surface area contributed by atoms with Crippen LogP contribution in [0.5, 0.6) is 5.75 Å². The number of carbonyl (C=O) groups excluding carboxylic acids is 1. The number of nitrogens with two attached hydrogens (primary N) is 1. The number of benzene rings is 2. The Morgan fingerprint density at radius 1 is 1.26 bits per heavy atom. The molecule has 3 N–H and O–H groups in total. The Morgan fingerprint density at radius 2 is 1.96 bits per heavy atom. The van der Waals surface area contributed by atoms with Gasteiger partial charge in [0, 0.05) is 5.69 Å². The first-order valence-electron chi connectivity index (χ1n) is 7.24. The van der Waals surface area contributed by atoms with Crippen LogP contribution in [-0.4, -0.2) is 26.7 Å². The number of aromatic nitrogens is 2. The molecule has 1 aromatic heterocycles. The highest BCUT2D eigenvalue weighted by Crippen LogP contribution is 2.23. The van der Waals surface area contributed by atoms with Crippen LogP contribution in [0.1, 0.15) is 12.7 Å². The number of rotatable bonds is 5. The van der Waals surface area contributed by atoms with Gasteiger partial charge in [0.1, 0.15) is 18.2 Å². The van der Waals surface area contributed by atoms with Crippen molar-refractivity contribution in [2.45, 2.75) is 19.6 Å². The zero-order chi connectivity index (χ0) is 16.4. The molecule has 0 saturated carbocycles. The van der Waals surface area contributed by atoms with Crippen molar-refractivity contribution in [3.05, 3.63) is 54.4 Å². The predicted molar refractivity (Wildman–Crippen MR) is 86.3 cm³/mol. The van der Waals surface area contributed by atoms with Gasteiger partial charge in [0.25, 0.3) is 5.91 Å². The Morgan fingerprint density at radius 3 is 2.61 bits per heavy atom. The van der Waals surface area contributed by atoms with Crippen molar-refractivity contribution in [2.75, 3.05) is 0 Å². The summed E-state index contributed by atoms with van der Waals surface area (Å²) in [5.41, 5.74) is 7.77. The van der Waals surface area contributed by atoms with E-state index in [-0.39, 0.29) is 6.61 Å². The second-order valence-electron chi connectivity index (χ2n) is 5.17. The van der Waals surface area contributed by atoms with Gasteiger partial charge < -0.3 is 15.6 Å². The van der Waals surface area contributed by atoms with Crippen LogP contribution >= 0.6 is 0 Å². The first-order valence-corrected chi connectivity index (χ1v) is 7.24. The van der Waals surface area contributed by atoms with E-state index in [0.717, 1.165) is 16.7 Å². The van der Waals surface area contributed by atoms with E-state index in [1.165, 1.54) is 0 Å². The number of hydrogen-bond acceptors (Lipinski definition) is 4. The highest BCUT2D eigenvalue weighted by atomic mass is 16.5. The smallest absolute Gasteiger partial charge is 0.258 e. The number of amides is 1. The summed E-state index contributed by atoms with van der Waals surface area (Å²) in [5.74, 6) is 0.595. The lowest BCUT2D eigenvalue weighted by molar-refractivity contribution is -0.123. The molecule has 0 aliphatic heterocycles. The average Bonchev–Trinajstić information content (AvgIpc) is 2.94. The maximum Gasteiger partial charge on any atom is 0.258 e. The van der Waals surface area contributed by atoms with Gasteiger partial charge in [-0.1, -0.05) is 12.1 Å². The number of imidazole rings is 1. The second-order valence-corrected chi connectivity index (χ2v) is 5.17. The van der Waals surface area contributed by atoms with Crippen LogP contribution < -0.4 is 10.5 Å². The minimum absolute atomic E-state index is 0.161. The van der Waals surface area contributed by atoms with Crippen LogP contribution in [0.15, 0.2) is 48.5 Å². The standard InChI is InChI=1S/C17H17N3O3/c1-11(17(18)22)23-13-8-6-12(7-9-13)20-15-5-3-2-4-14(15)19-16(20)10-21/h2-9,11,21H,10H2,1H3,(H2,18,22)/t11-/m1/s1. The number of aliphatic hydroxyl groups excluding tert-OH is 1. The Labute approximate surface area is 133 Å². The molecule has 0 spiro atoms. The maximum absolute atomic E-state index is 11.0. The van der Waals surface area contributed by atoms with Gasteiger partial charge >= 0.3 is 0 Å². The van der Waals surface area contributed by atoms with Crippen LogP contribution in [0.4, 0.5) is 0 Å². The Bertz CT molecular complexity index is 840. The molecule has 0 aliphatic rings. The van der Waals surface area contributed by atoms with Gasteiger partial charge in [-0.25, -0.2) is 4.98 Å². The van der Waals surface area contributed by atoms with Crippen LogP contribution in [0.2, 0.25) is 0 Å². The number of aliphatic hydroxyl groups is 1. The zero-order valence-corrected chi connectivity index (χ0v) is 12.6. The van der Waals surface area contributed by atoms with E-state index in [0.29, 0.717) is 11.6 Å². The predicted octanol–water partition coefficient (Wildman–Crippen LogP) is 1.77. The molecule has 0 bridgehead atoms. The summed E-state index contributed by atoms with van der Waals surface area (Å²) in [7, 11) is 0. The van der Waals surface area contributed by atoms with Gasteiger partial charge in [-0.3, -0.25) is 9.36 Å². The largest absolute Gasteiger partial charge is 0.481 e. The van der Waals surface area contributed by atoms with E-state index in [4.69, 9.17) is 10.5 Å². The van der Waals surface area contributed by atoms with Crippen LogP contribution in [0.3, 0.4) is 0 Å². The maximum atomic E-state index is 11.0. The number of carbonyl (C=O) groups is 1. The van der Waals surface area contributed by atoms with E-state index in [2.05, 4.69) is 4.98 Å². The number of fused-ring (bicyclic) bond motifs is 1. The fourth-order valence-corrected chi connectivity index (χ4v) is 2.41. The van der Waals surface area contributed by atoms with Gasteiger partial charge in [-0.05, 0) is 43.3 Å². The summed E-state index contributed by atoms with van der Waals surface area (Å²) < 4.78 is 7.33. The molecule has 3 rings (SSSR count). The fraction of sp³-hybridized carbons (Fsp3) is 0.176.